The number of benzene rings is 1. The Balaban J connectivity index is 2.74. The van der Waals surface area contributed by atoms with E-state index in [9.17, 15) is 4.79 Å². The molecule has 0 aliphatic rings. The number of halogens is 1. The molecule has 92 valence electrons. The first-order chi connectivity index (χ1) is 8.49. The topological polar surface area (TPSA) is 50.2 Å². The summed E-state index contributed by atoms with van der Waals surface area (Å²) in [6.07, 6.45) is 2.70. The Morgan fingerprint density at radius 1 is 1.39 bits per heavy atom. The van der Waals surface area contributed by atoms with E-state index >= 15 is 0 Å². The molecule has 0 saturated heterocycles. The predicted molar refractivity (Wildman–Crippen MR) is 72.9 cm³/mol. The Hall–Kier alpha value is -1.87. The van der Waals surface area contributed by atoms with E-state index in [1.165, 1.54) is 0 Å². The highest BCUT2D eigenvalue weighted by Gasteiger charge is 2.07. The second-order valence-electron chi connectivity index (χ2n) is 4.09. The van der Waals surface area contributed by atoms with Crippen molar-refractivity contribution in [1.82, 2.24) is 4.98 Å². The van der Waals surface area contributed by atoms with Gasteiger partial charge < -0.3 is 5.11 Å². The molecule has 0 fully saturated rings. The molecule has 0 amide bonds. The zero-order valence-corrected chi connectivity index (χ0v) is 10.8. The van der Waals surface area contributed by atoms with Gasteiger partial charge in [0.15, 0.2) is 0 Å². The Labute approximate surface area is 110 Å². The van der Waals surface area contributed by atoms with Crippen molar-refractivity contribution in [3.63, 3.8) is 0 Å². The molecule has 3 nitrogen and oxygen atoms in total. The van der Waals surface area contributed by atoms with Gasteiger partial charge in [0.05, 0.1) is 5.52 Å². The van der Waals surface area contributed by atoms with Crippen LogP contribution in [0.5, 0.6) is 0 Å². The maximum Gasteiger partial charge on any atom is 0.328 e. The second-order valence-corrected chi connectivity index (χ2v) is 4.50. The van der Waals surface area contributed by atoms with Gasteiger partial charge in [0.25, 0.3) is 0 Å². The number of fused-ring (bicyclic) bond motifs is 1. The number of aromatic nitrogens is 1. The van der Waals surface area contributed by atoms with Crippen LogP contribution in [-0.4, -0.2) is 16.1 Å². The lowest BCUT2D eigenvalue weighted by Gasteiger charge is -2.08. The zero-order valence-electron chi connectivity index (χ0n) is 10.1. The number of hydrogen-bond donors (Lipinski definition) is 1. The van der Waals surface area contributed by atoms with E-state index in [0.29, 0.717) is 5.02 Å². The van der Waals surface area contributed by atoms with Crippen molar-refractivity contribution in [3.8, 4) is 0 Å². The number of carbonyl (C=O) groups is 1. The van der Waals surface area contributed by atoms with Crippen LogP contribution in [-0.2, 0) is 4.79 Å². The molecule has 0 radical (unpaired) electrons. The second kappa shape index (κ2) is 4.78. The summed E-state index contributed by atoms with van der Waals surface area (Å²) >= 11 is 6.07. The first-order valence-electron chi connectivity index (χ1n) is 5.46. The van der Waals surface area contributed by atoms with Gasteiger partial charge in [-0.2, -0.15) is 0 Å². The van der Waals surface area contributed by atoms with Crippen LogP contribution in [0.2, 0.25) is 5.02 Å². The van der Waals surface area contributed by atoms with Crippen molar-refractivity contribution in [1.29, 1.82) is 0 Å². The van der Waals surface area contributed by atoms with Crippen molar-refractivity contribution in [3.05, 3.63) is 46.1 Å². The lowest BCUT2D eigenvalue weighted by Crippen LogP contribution is -1.92. The third-order valence-electron chi connectivity index (χ3n) is 2.73. The van der Waals surface area contributed by atoms with Crippen molar-refractivity contribution in [2.75, 3.05) is 0 Å². The van der Waals surface area contributed by atoms with Crippen LogP contribution < -0.4 is 0 Å². The Kier molecular flexibility index (Phi) is 3.34. The molecule has 0 unspecified atom stereocenters. The highest BCUT2D eigenvalue weighted by atomic mass is 35.5. The SMILES string of the molecule is Cc1cc(/C=C/C(=O)O)c2ccc(Cl)c(C)c2n1. The van der Waals surface area contributed by atoms with Crippen LogP contribution in [0.15, 0.2) is 24.3 Å². The number of aliphatic carboxylic acids is 1. The van der Waals surface area contributed by atoms with Gasteiger partial charge in [-0.15, -0.1) is 0 Å². The average molecular weight is 262 g/mol. The van der Waals surface area contributed by atoms with Gasteiger partial charge in [-0.25, -0.2) is 4.79 Å². The molecule has 2 rings (SSSR count). The molecule has 1 aromatic carbocycles. The normalized spacial score (nSPS) is 11.3. The Bertz CT molecular complexity index is 662. The minimum atomic E-state index is -0.969. The number of carboxylic acids is 1. The fourth-order valence-electron chi connectivity index (χ4n) is 1.86. The highest BCUT2D eigenvalue weighted by molar-refractivity contribution is 6.32. The molecule has 0 aliphatic carbocycles. The molecule has 18 heavy (non-hydrogen) atoms. The van der Waals surface area contributed by atoms with E-state index in [1.807, 2.05) is 26.0 Å². The fourth-order valence-corrected chi connectivity index (χ4v) is 2.02. The Morgan fingerprint density at radius 3 is 2.78 bits per heavy atom. The highest BCUT2D eigenvalue weighted by Crippen LogP contribution is 2.27. The van der Waals surface area contributed by atoms with Crippen LogP contribution in [0.25, 0.3) is 17.0 Å². The third kappa shape index (κ3) is 2.36. The molecule has 0 spiro atoms. The standard InChI is InChI=1S/C14H12ClNO2/c1-8-7-10(3-6-13(17)18)11-4-5-12(15)9(2)14(11)16-8/h3-7H,1-2H3,(H,17,18)/b6-3+. The van der Waals surface area contributed by atoms with E-state index in [-0.39, 0.29) is 0 Å². The molecule has 2 aromatic rings. The molecule has 1 aromatic heterocycles. The fraction of sp³-hybridized carbons (Fsp3) is 0.143. The monoisotopic (exact) mass is 261 g/mol. The van der Waals surface area contributed by atoms with E-state index < -0.39 is 5.97 Å². The number of nitrogens with zero attached hydrogens (tertiary/aromatic N) is 1. The van der Waals surface area contributed by atoms with Crippen LogP contribution in [0.3, 0.4) is 0 Å². The number of rotatable bonds is 2. The van der Waals surface area contributed by atoms with E-state index in [4.69, 9.17) is 16.7 Å². The van der Waals surface area contributed by atoms with E-state index in [0.717, 1.165) is 33.8 Å². The van der Waals surface area contributed by atoms with Gasteiger partial charge in [0.1, 0.15) is 0 Å². The molecule has 4 heteroatoms. The summed E-state index contributed by atoms with van der Waals surface area (Å²) in [6, 6.07) is 5.52. The molecule has 1 N–H and O–H groups in total. The maximum absolute atomic E-state index is 10.6. The van der Waals surface area contributed by atoms with Gasteiger partial charge in [-0.3, -0.25) is 4.98 Å². The summed E-state index contributed by atoms with van der Waals surface area (Å²) in [6.45, 7) is 3.78. The zero-order chi connectivity index (χ0) is 13.3. The summed E-state index contributed by atoms with van der Waals surface area (Å²) in [5.74, 6) is -0.969. The van der Waals surface area contributed by atoms with Crippen molar-refractivity contribution >= 4 is 34.5 Å². The van der Waals surface area contributed by atoms with Gasteiger partial charge in [0, 0.05) is 22.2 Å². The Morgan fingerprint density at radius 2 is 2.11 bits per heavy atom. The average Bonchev–Trinajstić information content (AvgIpc) is 2.31. The van der Waals surface area contributed by atoms with Gasteiger partial charge >= 0.3 is 5.97 Å². The maximum atomic E-state index is 10.6. The lowest BCUT2D eigenvalue weighted by molar-refractivity contribution is -0.131. The third-order valence-corrected chi connectivity index (χ3v) is 3.14. The summed E-state index contributed by atoms with van der Waals surface area (Å²) < 4.78 is 0. The summed E-state index contributed by atoms with van der Waals surface area (Å²) in [5.41, 5.74) is 3.38. The molecule has 0 saturated carbocycles. The van der Waals surface area contributed by atoms with Crippen LogP contribution in [0.4, 0.5) is 0 Å². The largest absolute Gasteiger partial charge is 0.478 e. The smallest absolute Gasteiger partial charge is 0.328 e. The van der Waals surface area contributed by atoms with E-state index in [2.05, 4.69) is 4.98 Å². The van der Waals surface area contributed by atoms with Gasteiger partial charge in [-0.05, 0) is 43.2 Å². The van der Waals surface area contributed by atoms with Crippen LogP contribution in [0, 0.1) is 13.8 Å². The number of carboxylic acid groups (broad SMARTS) is 1. The number of pyridine rings is 1. The van der Waals surface area contributed by atoms with Gasteiger partial charge in [0.2, 0.25) is 0 Å². The molecule has 0 aliphatic heterocycles. The number of hydrogen-bond acceptors (Lipinski definition) is 2. The summed E-state index contributed by atoms with van der Waals surface area (Å²) in [5, 5.41) is 10.3. The van der Waals surface area contributed by atoms with Gasteiger partial charge in [-0.1, -0.05) is 17.7 Å². The molecular formula is C14H12ClNO2. The molecule has 1 heterocycles. The first-order valence-corrected chi connectivity index (χ1v) is 5.84. The van der Waals surface area contributed by atoms with Crippen LogP contribution in [0.1, 0.15) is 16.8 Å². The lowest BCUT2D eigenvalue weighted by atomic mass is 10.0. The molecule has 0 atom stereocenters. The predicted octanol–water partition coefficient (Wildman–Crippen LogP) is 3.60. The summed E-state index contributed by atoms with van der Waals surface area (Å²) in [7, 11) is 0. The van der Waals surface area contributed by atoms with Crippen molar-refractivity contribution < 1.29 is 9.90 Å². The van der Waals surface area contributed by atoms with Crippen molar-refractivity contribution in [2.24, 2.45) is 0 Å². The summed E-state index contributed by atoms with van der Waals surface area (Å²) in [4.78, 5) is 15.0. The molecule has 0 bridgehead atoms. The molecular weight excluding hydrogens is 250 g/mol. The van der Waals surface area contributed by atoms with Crippen molar-refractivity contribution in [2.45, 2.75) is 13.8 Å². The van der Waals surface area contributed by atoms with Crippen LogP contribution >= 0.6 is 11.6 Å². The number of aryl methyl sites for hydroxylation is 2. The quantitative estimate of drug-likeness (QED) is 0.841. The minimum Gasteiger partial charge on any atom is -0.478 e. The first kappa shape index (κ1) is 12.6. The van der Waals surface area contributed by atoms with E-state index in [1.54, 1.807) is 12.1 Å². The minimum absolute atomic E-state index is 0.661.